The minimum atomic E-state index is 0.431. The van der Waals surface area contributed by atoms with E-state index in [9.17, 15) is 0 Å². The van der Waals surface area contributed by atoms with Gasteiger partial charge in [0.05, 0.1) is 19.7 Å². The molecular formula is C29H39N5O2. The van der Waals surface area contributed by atoms with E-state index >= 15 is 0 Å². The van der Waals surface area contributed by atoms with Gasteiger partial charge >= 0.3 is 0 Å². The molecule has 3 aromatic rings. The van der Waals surface area contributed by atoms with Crippen LogP contribution in [0.4, 0.5) is 11.8 Å². The highest BCUT2D eigenvalue weighted by molar-refractivity contribution is 5.93. The van der Waals surface area contributed by atoms with E-state index in [-0.39, 0.29) is 0 Å². The van der Waals surface area contributed by atoms with Gasteiger partial charge in [-0.1, -0.05) is 43.2 Å². The number of hydrogen-bond acceptors (Lipinski definition) is 7. The first-order valence-electron chi connectivity index (χ1n) is 13.3. The topological polar surface area (TPSA) is 54.0 Å². The Morgan fingerprint density at radius 2 is 1.53 bits per heavy atom. The van der Waals surface area contributed by atoms with E-state index in [1.807, 2.05) is 12.1 Å². The fraction of sp³-hybridized carbons (Fsp3) is 0.517. The van der Waals surface area contributed by atoms with Gasteiger partial charge in [0.15, 0.2) is 11.5 Å². The molecule has 2 fully saturated rings. The van der Waals surface area contributed by atoms with Crippen LogP contribution in [0.1, 0.15) is 44.1 Å². The smallest absolute Gasteiger partial charge is 0.227 e. The molecule has 3 heterocycles. The largest absolute Gasteiger partial charge is 0.493 e. The van der Waals surface area contributed by atoms with Crippen LogP contribution >= 0.6 is 0 Å². The molecule has 0 aliphatic carbocycles. The van der Waals surface area contributed by atoms with Crippen molar-refractivity contribution in [2.45, 2.75) is 51.1 Å². The fourth-order valence-electron chi connectivity index (χ4n) is 5.59. The second-order valence-corrected chi connectivity index (χ2v) is 10.1. The highest BCUT2D eigenvalue weighted by Crippen LogP contribution is 2.37. The quantitative estimate of drug-likeness (QED) is 0.456. The molecule has 0 bridgehead atoms. The number of nitrogens with zero attached hydrogens (tertiary/aromatic N) is 5. The zero-order valence-corrected chi connectivity index (χ0v) is 21.9. The summed E-state index contributed by atoms with van der Waals surface area (Å²) in [7, 11) is 5.56. The lowest BCUT2D eigenvalue weighted by molar-refractivity contribution is 0.203. The maximum atomic E-state index is 5.64. The first-order valence-corrected chi connectivity index (χ1v) is 13.3. The summed E-state index contributed by atoms with van der Waals surface area (Å²) in [6.07, 6.45) is 7.17. The highest BCUT2D eigenvalue weighted by atomic mass is 16.5. The summed E-state index contributed by atoms with van der Waals surface area (Å²) in [5.41, 5.74) is 2.29. The van der Waals surface area contributed by atoms with E-state index < -0.39 is 0 Å². The van der Waals surface area contributed by atoms with Crippen LogP contribution in [0.25, 0.3) is 10.9 Å². The lowest BCUT2D eigenvalue weighted by Crippen LogP contribution is -2.43. The zero-order chi connectivity index (χ0) is 24.9. The predicted octanol–water partition coefficient (Wildman–Crippen LogP) is 5.13. The molecule has 2 aliphatic heterocycles. The molecule has 192 valence electrons. The number of piperidine rings is 1. The fourth-order valence-corrected chi connectivity index (χ4v) is 5.59. The van der Waals surface area contributed by atoms with Gasteiger partial charge in [0.25, 0.3) is 0 Å². The minimum absolute atomic E-state index is 0.431. The summed E-state index contributed by atoms with van der Waals surface area (Å²) < 4.78 is 11.3. The van der Waals surface area contributed by atoms with Gasteiger partial charge in [-0.2, -0.15) is 4.98 Å². The van der Waals surface area contributed by atoms with Gasteiger partial charge in [-0.15, -0.1) is 0 Å². The van der Waals surface area contributed by atoms with Crippen molar-refractivity contribution in [3.05, 3.63) is 48.0 Å². The normalized spacial score (nSPS) is 17.7. The van der Waals surface area contributed by atoms with Crippen molar-refractivity contribution < 1.29 is 9.47 Å². The van der Waals surface area contributed by atoms with Gasteiger partial charge in [-0.05, 0) is 37.3 Å². The first-order chi connectivity index (χ1) is 17.7. The average Bonchev–Trinajstić information content (AvgIpc) is 3.22. The van der Waals surface area contributed by atoms with Crippen molar-refractivity contribution in [2.24, 2.45) is 0 Å². The van der Waals surface area contributed by atoms with E-state index in [0.29, 0.717) is 17.5 Å². The van der Waals surface area contributed by atoms with Gasteiger partial charge in [0, 0.05) is 57.3 Å². The van der Waals surface area contributed by atoms with Crippen LogP contribution in [0, 0.1) is 0 Å². The molecule has 36 heavy (non-hydrogen) atoms. The molecule has 0 atom stereocenters. The summed E-state index contributed by atoms with van der Waals surface area (Å²) in [4.78, 5) is 17.5. The van der Waals surface area contributed by atoms with Crippen molar-refractivity contribution in [1.82, 2.24) is 14.9 Å². The van der Waals surface area contributed by atoms with Crippen molar-refractivity contribution in [1.29, 1.82) is 0 Å². The number of aromatic nitrogens is 2. The number of benzene rings is 2. The molecule has 2 aliphatic rings. The lowest BCUT2D eigenvalue weighted by Gasteiger charge is -2.38. The molecule has 0 saturated carbocycles. The Morgan fingerprint density at radius 1 is 0.861 bits per heavy atom. The van der Waals surface area contributed by atoms with Crippen LogP contribution < -0.4 is 19.3 Å². The highest BCUT2D eigenvalue weighted by Gasteiger charge is 2.26. The molecule has 7 nitrogen and oxygen atoms in total. The predicted molar refractivity (Wildman–Crippen MR) is 146 cm³/mol. The van der Waals surface area contributed by atoms with Crippen LogP contribution in [0.15, 0.2) is 42.5 Å². The number of anilines is 2. The van der Waals surface area contributed by atoms with Crippen LogP contribution in [0.3, 0.4) is 0 Å². The summed E-state index contributed by atoms with van der Waals surface area (Å²) in [6, 6.07) is 15.2. The Hall–Kier alpha value is -3.06. The third kappa shape index (κ3) is 5.36. The van der Waals surface area contributed by atoms with E-state index in [2.05, 4.69) is 52.1 Å². The number of rotatable bonds is 7. The van der Waals surface area contributed by atoms with E-state index in [1.54, 1.807) is 14.2 Å². The number of ether oxygens (including phenoxy) is 2. The van der Waals surface area contributed by atoms with Gasteiger partial charge in [0.2, 0.25) is 5.95 Å². The Bertz CT molecular complexity index is 1140. The molecule has 0 spiro atoms. The maximum Gasteiger partial charge on any atom is 0.227 e. The van der Waals surface area contributed by atoms with Crippen molar-refractivity contribution in [3.63, 3.8) is 0 Å². The molecule has 2 aromatic carbocycles. The van der Waals surface area contributed by atoms with Crippen molar-refractivity contribution >= 4 is 22.7 Å². The van der Waals surface area contributed by atoms with Crippen molar-refractivity contribution in [3.8, 4) is 11.5 Å². The lowest BCUT2D eigenvalue weighted by atomic mass is 10.0. The number of fused-ring (bicyclic) bond motifs is 1. The monoisotopic (exact) mass is 489 g/mol. The minimum Gasteiger partial charge on any atom is -0.493 e. The van der Waals surface area contributed by atoms with Gasteiger partial charge in [0.1, 0.15) is 5.82 Å². The van der Waals surface area contributed by atoms with E-state index in [4.69, 9.17) is 19.4 Å². The second-order valence-electron chi connectivity index (χ2n) is 10.1. The zero-order valence-electron chi connectivity index (χ0n) is 21.9. The van der Waals surface area contributed by atoms with E-state index in [0.717, 1.165) is 68.2 Å². The van der Waals surface area contributed by atoms with Crippen molar-refractivity contribution in [2.75, 3.05) is 57.2 Å². The Balaban J connectivity index is 1.43. The molecule has 1 aromatic heterocycles. The van der Waals surface area contributed by atoms with Crippen LogP contribution in [0.2, 0.25) is 0 Å². The van der Waals surface area contributed by atoms with Crippen LogP contribution in [-0.4, -0.2) is 68.4 Å². The average molecular weight is 490 g/mol. The SMILES string of the molecule is COc1cc2nc(N3CCCCCC3)nc(N(C)C3CCN(Cc4ccccc4)CC3)c2cc1OC. The Morgan fingerprint density at radius 3 is 2.19 bits per heavy atom. The molecule has 7 heteroatoms. The summed E-state index contributed by atoms with van der Waals surface area (Å²) in [5.74, 6) is 3.23. The molecular weight excluding hydrogens is 450 g/mol. The summed E-state index contributed by atoms with van der Waals surface area (Å²) in [5, 5.41) is 1.01. The number of likely N-dealkylation sites (tertiary alicyclic amines) is 1. The first kappa shape index (κ1) is 24.6. The second kappa shape index (κ2) is 11.3. The maximum absolute atomic E-state index is 5.64. The summed E-state index contributed by atoms with van der Waals surface area (Å²) >= 11 is 0. The standard InChI is InChI=1S/C29H39N5O2/c1-32(23-13-17-33(18-14-23)21-22-11-7-6-8-12-22)28-24-19-26(35-2)27(36-3)20-25(24)30-29(31-28)34-15-9-4-5-10-16-34/h6-8,11-12,19-20,23H,4-5,9-10,13-18,21H2,1-3H3. The third-order valence-electron chi connectivity index (χ3n) is 7.75. The van der Waals surface area contributed by atoms with Crippen LogP contribution in [-0.2, 0) is 6.54 Å². The molecule has 0 amide bonds. The van der Waals surface area contributed by atoms with Gasteiger partial charge in [-0.3, -0.25) is 4.90 Å². The number of methoxy groups -OCH3 is 2. The molecule has 0 radical (unpaired) electrons. The van der Waals surface area contributed by atoms with Gasteiger partial charge in [-0.25, -0.2) is 4.98 Å². The molecule has 5 rings (SSSR count). The summed E-state index contributed by atoms with van der Waals surface area (Å²) in [6.45, 7) is 5.22. The Kier molecular flexibility index (Phi) is 7.75. The molecule has 0 unspecified atom stereocenters. The van der Waals surface area contributed by atoms with Crippen LogP contribution in [0.5, 0.6) is 11.5 Å². The molecule has 0 N–H and O–H groups in total. The molecule has 2 saturated heterocycles. The van der Waals surface area contributed by atoms with Gasteiger partial charge < -0.3 is 19.3 Å². The Labute approximate surface area is 215 Å². The number of hydrogen-bond donors (Lipinski definition) is 0. The third-order valence-corrected chi connectivity index (χ3v) is 7.75. The van der Waals surface area contributed by atoms with E-state index in [1.165, 1.54) is 31.2 Å².